The third-order valence-corrected chi connectivity index (χ3v) is 4.51. The highest BCUT2D eigenvalue weighted by molar-refractivity contribution is 14.1. The SMILES string of the molecule is Ic1cccc2cccc(-n3ncc(-c4ccccc4)n3)c12. The molecule has 0 fully saturated rings. The Morgan fingerprint density at radius 2 is 1.59 bits per heavy atom. The van der Waals surface area contributed by atoms with Crippen molar-refractivity contribution in [3.8, 4) is 16.9 Å². The van der Waals surface area contributed by atoms with Gasteiger partial charge in [0.25, 0.3) is 0 Å². The van der Waals surface area contributed by atoms with E-state index in [1.165, 1.54) is 14.3 Å². The molecule has 0 aliphatic heterocycles. The number of hydrogen-bond donors (Lipinski definition) is 0. The van der Waals surface area contributed by atoms with E-state index in [1.54, 1.807) is 4.80 Å². The summed E-state index contributed by atoms with van der Waals surface area (Å²) in [6.07, 6.45) is 1.81. The molecule has 4 rings (SSSR count). The second-order valence-corrected chi connectivity index (χ2v) is 6.16. The van der Waals surface area contributed by atoms with Crippen molar-refractivity contribution >= 4 is 33.4 Å². The van der Waals surface area contributed by atoms with Gasteiger partial charge in [0.15, 0.2) is 0 Å². The molecule has 0 saturated carbocycles. The zero-order chi connectivity index (χ0) is 14.9. The summed E-state index contributed by atoms with van der Waals surface area (Å²) in [5, 5.41) is 11.5. The van der Waals surface area contributed by atoms with Crippen LogP contribution in [0.5, 0.6) is 0 Å². The molecule has 4 heteroatoms. The largest absolute Gasteiger partial charge is 0.156 e. The molecule has 0 amide bonds. The molecule has 0 bridgehead atoms. The first-order valence-corrected chi connectivity index (χ1v) is 8.06. The highest BCUT2D eigenvalue weighted by atomic mass is 127. The molecule has 0 aliphatic rings. The van der Waals surface area contributed by atoms with Crippen molar-refractivity contribution in [2.45, 2.75) is 0 Å². The Kier molecular flexibility index (Phi) is 3.38. The summed E-state index contributed by atoms with van der Waals surface area (Å²) < 4.78 is 1.20. The first kappa shape index (κ1) is 13.5. The van der Waals surface area contributed by atoms with E-state index in [4.69, 9.17) is 0 Å². The Morgan fingerprint density at radius 1 is 0.818 bits per heavy atom. The summed E-state index contributed by atoms with van der Waals surface area (Å²) in [6.45, 7) is 0. The first-order valence-electron chi connectivity index (χ1n) is 6.98. The lowest BCUT2D eigenvalue weighted by molar-refractivity contribution is 0.759. The Bertz CT molecular complexity index is 940. The fraction of sp³-hybridized carbons (Fsp3) is 0. The Labute approximate surface area is 141 Å². The van der Waals surface area contributed by atoms with Crippen molar-refractivity contribution in [2.75, 3.05) is 0 Å². The molecule has 0 atom stereocenters. The average molecular weight is 397 g/mol. The maximum Gasteiger partial charge on any atom is 0.113 e. The van der Waals surface area contributed by atoms with Crippen molar-refractivity contribution in [3.05, 3.63) is 76.5 Å². The standard InChI is InChI=1S/C18H12IN3/c19-15-10-4-8-14-9-5-11-17(18(14)15)22-20-12-16(21-22)13-6-2-1-3-7-13/h1-12H. The molecule has 1 heterocycles. The quantitative estimate of drug-likeness (QED) is 0.460. The van der Waals surface area contributed by atoms with Crippen molar-refractivity contribution in [3.63, 3.8) is 0 Å². The van der Waals surface area contributed by atoms with Gasteiger partial charge >= 0.3 is 0 Å². The van der Waals surface area contributed by atoms with Gasteiger partial charge in [-0.15, -0.1) is 5.10 Å². The van der Waals surface area contributed by atoms with Crippen molar-refractivity contribution in [1.82, 2.24) is 15.0 Å². The Hall–Kier alpha value is -2.21. The second kappa shape index (κ2) is 5.53. The zero-order valence-electron chi connectivity index (χ0n) is 11.6. The fourth-order valence-electron chi connectivity index (χ4n) is 2.56. The van der Waals surface area contributed by atoms with Crippen LogP contribution in [-0.4, -0.2) is 15.0 Å². The summed E-state index contributed by atoms with van der Waals surface area (Å²) in [7, 11) is 0. The molecular formula is C18H12IN3. The number of rotatable bonds is 2. The topological polar surface area (TPSA) is 30.7 Å². The van der Waals surface area contributed by atoms with E-state index in [2.05, 4.69) is 63.1 Å². The molecule has 0 unspecified atom stereocenters. The lowest BCUT2D eigenvalue weighted by Gasteiger charge is -2.07. The minimum atomic E-state index is 0.878. The van der Waals surface area contributed by atoms with E-state index in [0.717, 1.165) is 16.9 Å². The van der Waals surface area contributed by atoms with E-state index in [9.17, 15) is 0 Å². The van der Waals surface area contributed by atoms with Crippen LogP contribution in [0.1, 0.15) is 0 Å². The monoisotopic (exact) mass is 397 g/mol. The highest BCUT2D eigenvalue weighted by Gasteiger charge is 2.10. The molecule has 4 aromatic rings. The summed E-state index contributed by atoms with van der Waals surface area (Å²) in [5.74, 6) is 0. The van der Waals surface area contributed by atoms with Crippen LogP contribution in [-0.2, 0) is 0 Å². The predicted octanol–water partition coefficient (Wildman–Crippen LogP) is 4.69. The first-order chi connectivity index (χ1) is 10.8. The second-order valence-electron chi connectivity index (χ2n) is 5.00. The van der Waals surface area contributed by atoms with Gasteiger partial charge in [0.1, 0.15) is 5.69 Å². The third kappa shape index (κ3) is 2.29. The van der Waals surface area contributed by atoms with E-state index >= 15 is 0 Å². The molecule has 0 aliphatic carbocycles. The fourth-order valence-corrected chi connectivity index (χ4v) is 3.36. The molecule has 106 valence electrons. The van der Waals surface area contributed by atoms with Crippen LogP contribution >= 0.6 is 22.6 Å². The van der Waals surface area contributed by atoms with Gasteiger partial charge in [-0.1, -0.05) is 54.6 Å². The smallest absolute Gasteiger partial charge is 0.113 e. The van der Waals surface area contributed by atoms with Crippen LogP contribution in [0.4, 0.5) is 0 Å². The van der Waals surface area contributed by atoms with Crippen molar-refractivity contribution in [2.24, 2.45) is 0 Å². The number of aromatic nitrogens is 3. The molecule has 1 aromatic heterocycles. The molecule has 22 heavy (non-hydrogen) atoms. The van der Waals surface area contributed by atoms with Crippen LogP contribution in [0.25, 0.3) is 27.7 Å². The van der Waals surface area contributed by atoms with Crippen LogP contribution in [0.3, 0.4) is 0 Å². The van der Waals surface area contributed by atoms with E-state index in [0.29, 0.717) is 0 Å². The maximum atomic E-state index is 4.64. The average Bonchev–Trinajstić information content (AvgIpc) is 3.05. The van der Waals surface area contributed by atoms with Crippen LogP contribution < -0.4 is 0 Å². The van der Waals surface area contributed by atoms with Gasteiger partial charge in [0.05, 0.1) is 11.9 Å². The summed E-state index contributed by atoms with van der Waals surface area (Å²) in [5.41, 5.74) is 2.96. The number of halogens is 1. The highest BCUT2D eigenvalue weighted by Crippen LogP contribution is 2.27. The number of benzene rings is 3. The maximum absolute atomic E-state index is 4.64. The van der Waals surface area contributed by atoms with Gasteiger partial charge in [-0.05, 0) is 40.1 Å². The van der Waals surface area contributed by atoms with Gasteiger partial charge < -0.3 is 0 Å². The van der Waals surface area contributed by atoms with E-state index < -0.39 is 0 Å². The van der Waals surface area contributed by atoms with Crippen molar-refractivity contribution in [1.29, 1.82) is 0 Å². The lowest BCUT2D eigenvalue weighted by atomic mass is 10.1. The van der Waals surface area contributed by atoms with Crippen LogP contribution in [0.2, 0.25) is 0 Å². The van der Waals surface area contributed by atoms with Gasteiger partial charge in [0, 0.05) is 14.5 Å². The van der Waals surface area contributed by atoms with E-state index in [-0.39, 0.29) is 0 Å². The van der Waals surface area contributed by atoms with Crippen LogP contribution in [0.15, 0.2) is 72.9 Å². The minimum Gasteiger partial charge on any atom is -0.156 e. The number of nitrogens with zero attached hydrogens (tertiary/aromatic N) is 3. The van der Waals surface area contributed by atoms with Crippen molar-refractivity contribution < 1.29 is 0 Å². The van der Waals surface area contributed by atoms with Gasteiger partial charge in [-0.3, -0.25) is 0 Å². The summed E-state index contributed by atoms with van der Waals surface area (Å²) >= 11 is 2.36. The summed E-state index contributed by atoms with van der Waals surface area (Å²) in [4.78, 5) is 1.72. The molecule has 0 spiro atoms. The minimum absolute atomic E-state index is 0.878. The predicted molar refractivity (Wildman–Crippen MR) is 97.0 cm³/mol. The molecule has 3 nitrogen and oxygen atoms in total. The Morgan fingerprint density at radius 3 is 2.41 bits per heavy atom. The number of hydrogen-bond acceptors (Lipinski definition) is 2. The lowest BCUT2D eigenvalue weighted by Crippen LogP contribution is -2.00. The third-order valence-electron chi connectivity index (χ3n) is 3.61. The molecule has 0 radical (unpaired) electrons. The molecule has 0 saturated heterocycles. The van der Waals surface area contributed by atoms with Crippen LogP contribution in [0, 0.1) is 3.57 Å². The molecule has 3 aromatic carbocycles. The number of fused-ring (bicyclic) bond motifs is 1. The summed E-state index contributed by atoms with van der Waals surface area (Å²) in [6, 6.07) is 22.6. The molecular weight excluding hydrogens is 385 g/mol. The van der Waals surface area contributed by atoms with Gasteiger partial charge in [-0.2, -0.15) is 9.90 Å². The normalized spacial score (nSPS) is 11.0. The van der Waals surface area contributed by atoms with Gasteiger partial charge in [-0.25, -0.2) is 0 Å². The zero-order valence-corrected chi connectivity index (χ0v) is 13.8. The Balaban J connectivity index is 1.89. The van der Waals surface area contributed by atoms with E-state index in [1.807, 2.05) is 42.6 Å². The molecule has 0 N–H and O–H groups in total. The van der Waals surface area contributed by atoms with Gasteiger partial charge in [0.2, 0.25) is 0 Å².